The molecular formula is C20H24N4O. The summed E-state index contributed by atoms with van der Waals surface area (Å²) in [6.45, 7) is 7.84. The number of fused-ring (bicyclic) bond motifs is 1. The lowest BCUT2D eigenvalue weighted by Gasteiger charge is -2.13. The first kappa shape index (κ1) is 16.1. The van der Waals surface area contributed by atoms with Crippen LogP contribution in [0.25, 0.3) is 16.8 Å². The molecule has 5 heteroatoms. The fraction of sp³-hybridized carbons (Fsp3) is 0.400. The molecule has 0 saturated carbocycles. The molecule has 0 spiro atoms. The molecule has 3 heterocycles. The third-order valence-electron chi connectivity index (χ3n) is 4.77. The van der Waals surface area contributed by atoms with Crippen molar-refractivity contribution in [2.75, 3.05) is 18.5 Å². The molecule has 0 amide bonds. The van der Waals surface area contributed by atoms with Gasteiger partial charge in [0, 0.05) is 30.5 Å². The van der Waals surface area contributed by atoms with E-state index in [2.05, 4.69) is 36.5 Å². The molecule has 1 aliphatic rings. The predicted octanol–water partition coefficient (Wildman–Crippen LogP) is 3.91. The van der Waals surface area contributed by atoms with E-state index in [1.54, 1.807) is 0 Å². The fourth-order valence-corrected chi connectivity index (χ4v) is 3.45. The highest BCUT2D eigenvalue weighted by molar-refractivity contribution is 5.81. The van der Waals surface area contributed by atoms with E-state index < -0.39 is 0 Å². The molecule has 25 heavy (non-hydrogen) atoms. The number of aromatic nitrogens is 3. The van der Waals surface area contributed by atoms with Crippen molar-refractivity contribution in [2.45, 2.75) is 39.7 Å². The molecule has 0 aliphatic carbocycles. The van der Waals surface area contributed by atoms with Crippen LogP contribution in [0.2, 0.25) is 0 Å². The maximum atomic E-state index is 5.72. The van der Waals surface area contributed by atoms with Crippen molar-refractivity contribution >= 4 is 11.5 Å². The Kier molecular flexibility index (Phi) is 4.17. The van der Waals surface area contributed by atoms with Crippen LogP contribution in [0.4, 0.5) is 5.82 Å². The number of benzene rings is 1. The largest absolute Gasteiger partial charge is 0.376 e. The average Bonchev–Trinajstić information content (AvgIpc) is 3.21. The van der Waals surface area contributed by atoms with Crippen LogP contribution in [-0.4, -0.2) is 33.9 Å². The quantitative estimate of drug-likeness (QED) is 0.785. The van der Waals surface area contributed by atoms with Crippen LogP contribution < -0.4 is 5.32 Å². The second kappa shape index (κ2) is 6.48. The number of nitrogens with zero attached hydrogens (tertiary/aromatic N) is 3. The van der Waals surface area contributed by atoms with E-state index in [1.165, 1.54) is 5.56 Å². The van der Waals surface area contributed by atoms with Crippen molar-refractivity contribution in [3.63, 3.8) is 0 Å². The molecule has 1 aromatic carbocycles. The molecule has 130 valence electrons. The van der Waals surface area contributed by atoms with Crippen LogP contribution in [0.3, 0.4) is 0 Å². The van der Waals surface area contributed by atoms with Gasteiger partial charge in [0.25, 0.3) is 0 Å². The topological polar surface area (TPSA) is 51.5 Å². The van der Waals surface area contributed by atoms with E-state index in [9.17, 15) is 0 Å². The lowest BCUT2D eigenvalue weighted by molar-refractivity contribution is 0.120. The molecule has 3 aromatic rings. The van der Waals surface area contributed by atoms with Gasteiger partial charge < -0.3 is 10.1 Å². The second-order valence-electron chi connectivity index (χ2n) is 6.86. The summed E-state index contributed by atoms with van der Waals surface area (Å²) in [5.41, 5.74) is 6.37. The summed E-state index contributed by atoms with van der Waals surface area (Å²) < 4.78 is 7.64. The van der Waals surface area contributed by atoms with Gasteiger partial charge in [0.1, 0.15) is 5.82 Å². The Morgan fingerprint density at radius 1 is 1.20 bits per heavy atom. The maximum Gasteiger partial charge on any atom is 0.165 e. The number of hydrogen-bond donors (Lipinski definition) is 1. The number of ether oxygens (including phenoxy) is 1. The Morgan fingerprint density at radius 3 is 2.72 bits per heavy atom. The van der Waals surface area contributed by atoms with Crippen molar-refractivity contribution in [1.82, 2.24) is 14.6 Å². The third kappa shape index (κ3) is 3.12. The summed E-state index contributed by atoms with van der Waals surface area (Å²) in [6.07, 6.45) is 2.56. The van der Waals surface area contributed by atoms with Crippen LogP contribution in [0.15, 0.2) is 30.3 Å². The van der Waals surface area contributed by atoms with Crippen LogP contribution >= 0.6 is 0 Å². The van der Waals surface area contributed by atoms with Gasteiger partial charge in [0.2, 0.25) is 0 Å². The van der Waals surface area contributed by atoms with Gasteiger partial charge in [0.15, 0.2) is 5.65 Å². The molecule has 0 bridgehead atoms. The summed E-state index contributed by atoms with van der Waals surface area (Å²) >= 11 is 0. The highest BCUT2D eigenvalue weighted by Crippen LogP contribution is 2.29. The predicted molar refractivity (Wildman–Crippen MR) is 100 cm³/mol. The molecule has 2 aromatic heterocycles. The van der Waals surface area contributed by atoms with Gasteiger partial charge in [-0.1, -0.05) is 29.8 Å². The molecule has 1 N–H and O–H groups in total. The van der Waals surface area contributed by atoms with Crippen molar-refractivity contribution in [2.24, 2.45) is 0 Å². The lowest BCUT2D eigenvalue weighted by atomic mass is 10.0. The Hall–Kier alpha value is -2.40. The fourth-order valence-electron chi connectivity index (χ4n) is 3.45. The average molecular weight is 336 g/mol. The van der Waals surface area contributed by atoms with E-state index in [1.807, 2.05) is 24.4 Å². The van der Waals surface area contributed by atoms with E-state index in [0.29, 0.717) is 0 Å². The van der Waals surface area contributed by atoms with E-state index in [4.69, 9.17) is 14.8 Å². The second-order valence-corrected chi connectivity index (χ2v) is 6.86. The van der Waals surface area contributed by atoms with Crippen LogP contribution in [0.5, 0.6) is 0 Å². The van der Waals surface area contributed by atoms with Crippen molar-refractivity contribution in [1.29, 1.82) is 0 Å². The van der Waals surface area contributed by atoms with Gasteiger partial charge in [-0.05, 0) is 39.2 Å². The van der Waals surface area contributed by atoms with Crippen molar-refractivity contribution in [3.8, 4) is 11.1 Å². The van der Waals surface area contributed by atoms with Crippen LogP contribution in [0, 0.1) is 20.8 Å². The highest BCUT2D eigenvalue weighted by Gasteiger charge is 2.18. The van der Waals surface area contributed by atoms with E-state index >= 15 is 0 Å². The summed E-state index contributed by atoms with van der Waals surface area (Å²) in [5.74, 6) is 0.972. The zero-order valence-corrected chi connectivity index (χ0v) is 15.0. The van der Waals surface area contributed by atoms with Crippen molar-refractivity contribution < 1.29 is 4.74 Å². The first-order valence-corrected chi connectivity index (χ1v) is 8.91. The molecule has 0 unspecified atom stereocenters. The first-order valence-electron chi connectivity index (χ1n) is 8.91. The number of aryl methyl sites for hydroxylation is 3. The van der Waals surface area contributed by atoms with Gasteiger partial charge in [-0.3, -0.25) is 0 Å². The van der Waals surface area contributed by atoms with Gasteiger partial charge in [-0.25, -0.2) is 4.98 Å². The Morgan fingerprint density at radius 2 is 2.00 bits per heavy atom. The maximum absolute atomic E-state index is 5.72. The van der Waals surface area contributed by atoms with Crippen LogP contribution in [0.1, 0.15) is 29.8 Å². The SMILES string of the molecule is Cc1ccc(-c2c(C)nn3c(NC[C@H]4CCCO4)cc(C)nc23)cc1. The van der Waals surface area contributed by atoms with Crippen LogP contribution in [-0.2, 0) is 4.74 Å². The van der Waals surface area contributed by atoms with Gasteiger partial charge in [0.05, 0.1) is 11.8 Å². The molecule has 1 fully saturated rings. The highest BCUT2D eigenvalue weighted by atomic mass is 16.5. The van der Waals surface area contributed by atoms with Gasteiger partial charge in [-0.15, -0.1) is 0 Å². The Balaban J connectivity index is 1.75. The number of hydrogen-bond acceptors (Lipinski definition) is 4. The summed E-state index contributed by atoms with van der Waals surface area (Å²) in [6, 6.07) is 10.6. The number of anilines is 1. The molecular weight excluding hydrogens is 312 g/mol. The summed E-state index contributed by atoms with van der Waals surface area (Å²) in [7, 11) is 0. The Labute approximate surface area is 148 Å². The minimum Gasteiger partial charge on any atom is -0.376 e. The minimum absolute atomic E-state index is 0.289. The molecule has 5 nitrogen and oxygen atoms in total. The lowest BCUT2D eigenvalue weighted by Crippen LogP contribution is -2.20. The minimum atomic E-state index is 0.289. The number of rotatable bonds is 4. The van der Waals surface area contributed by atoms with Gasteiger partial charge in [-0.2, -0.15) is 9.61 Å². The standard InChI is InChI=1S/C20H24N4O/c1-13-6-8-16(9-7-13)19-15(3)23-24-18(11-14(2)22-20(19)24)21-12-17-5-4-10-25-17/h6-9,11,17,21H,4-5,10,12H2,1-3H3/t17-/m1/s1. The number of nitrogens with one attached hydrogen (secondary N) is 1. The monoisotopic (exact) mass is 336 g/mol. The van der Waals surface area contributed by atoms with Crippen molar-refractivity contribution in [3.05, 3.63) is 47.3 Å². The molecule has 1 aliphatic heterocycles. The van der Waals surface area contributed by atoms with E-state index in [0.717, 1.165) is 60.0 Å². The normalized spacial score (nSPS) is 17.3. The molecule has 0 radical (unpaired) electrons. The molecule has 1 atom stereocenters. The summed E-state index contributed by atoms with van der Waals surface area (Å²) in [4.78, 5) is 4.76. The zero-order valence-electron chi connectivity index (χ0n) is 15.0. The smallest absolute Gasteiger partial charge is 0.165 e. The Bertz CT molecular complexity index is 892. The zero-order chi connectivity index (χ0) is 17.4. The first-order chi connectivity index (χ1) is 12.1. The van der Waals surface area contributed by atoms with E-state index in [-0.39, 0.29) is 6.10 Å². The third-order valence-corrected chi connectivity index (χ3v) is 4.77. The molecule has 4 rings (SSSR count). The van der Waals surface area contributed by atoms with Gasteiger partial charge >= 0.3 is 0 Å². The summed E-state index contributed by atoms with van der Waals surface area (Å²) in [5, 5.41) is 8.26. The molecule has 1 saturated heterocycles.